The van der Waals surface area contributed by atoms with E-state index in [1.165, 1.54) is 4.68 Å². The van der Waals surface area contributed by atoms with E-state index in [-0.39, 0.29) is 17.0 Å². The molecular weight excluding hydrogens is 270 g/mol. The molecule has 1 fully saturated rings. The number of aliphatic hydroxyl groups is 1. The minimum atomic E-state index is -0.733. The van der Waals surface area contributed by atoms with Crippen LogP contribution in [0.4, 0.5) is 0 Å². The van der Waals surface area contributed by atoms with E-state index >= 15 is 0 Å². The van der Waals surface area contributed by atoms with Crippen LogP contribution >= 0.6 is 0 Å². The average molecular weight is 293 g/mol. The highest BCUT2D eigenvalue weighted by molar-refractivity contribution is 5.95. The third-order valence-corrected chi connectivity index (χ3v) is 4.29. The predicted octanol–water partition coefficient (Wildman–Crippen LogP) is 0.774. The van der Waals surface area contributed by atoms with Crippen molar-refractivity contribution in [2.75, 3.05) is 13.1 Å². The number of likely N-dealkylation sites (tertiary alicyclic amines) is 1. The Kier molecular flexibility index (Phi) is 4.18. The SMILES string of the molecule is Cc1nn(C)c(=O)c(C(=O)N2CCCC(C)(O)CC2)c1C. The summed E-state index contributed by atoms with van der Waals surface area (Å²) in [5.74, 6) is -0.253. The van der Waals surface area contributed by atoms with Gasteiger partial charge < -0.3 is 10.0 Å². The van der Waals surface area contributed by atoms with Crippen LogP contribution in [0, 0.1) is 13.8 Å². The number of aromatic nitrogens is 2. The Bertz CT molecular complexity index is 619. The highest BCUT2D eigenvalue weighted by Crippen LogP contribution is 2.22. The van der Waals surface area contributed by atoms with Gasteiger partial charge in [-0.1, -0.05) is 0 Å². The molecule has 0 radical (unpaired) electrons. The molecule has 116 valence electrons. The average Bonchev–Trinajstić information content (AvgIpc) is 2.57. The maximum atomic E-state index is 12.7. The molecule has 1 atom stereocenters. The molecule has 0 aromatic carbocycles. The number of amides is 1. The molecular formula is C15H23N3O3. The molecule has 1 amide bonds. The van der Waals surface area contributed by atoms with Crippen molar-refractivity contribution in [2.24, 2.45) is 7.05 Å². The quantitative estimate of drug-likeness (QED) is 0.830. The Morgan fingerprint density at radius 2 is 1.95 bits per heavy atom. The first-order chi connectivity index (χ1) is 9.73. The molecule has 0 bridgehead atoms. The summed E-state index contributed by atoms with van der Waals surface area (Å²) in [6, 6.07) is 0. The van der Waals surface area contributed by atoms with Crippen molar-refractivity contribution in [2.45, 2.75) is 45.6 Å². The van der Waals surface area contributed by atoms with Crippen LogP contribution in [0.1, 0.15) is 47.8 Å². The zero-order valence-electron chi connectivity index (χ0n) is 13.1. The normalized spacial score (nSPS) is 23.0. The highest BCUT2D eigenvalue weighted by Gasteiger charge is 2.29. The molecule has 1 aliphatic heterocycles. The molecule has 1 aromatic rings. The zero-order valence-corrected chi connectivity index (χ0v) is 13.1. The highest BCUT2D eigenvalue weighted by atomic mass is 16.3. The lowest BCUT2D eigenvalue weighted by Crippen LogP contribution is -2.39. The molecule has 0 saturated carbocycles. The molecule has 6 heteroatoms. The number of nitrogens with zero attached hydrogens (tertiary/aromatic N) is 3. The fourth-order valence-corrected chi connectivity index (χ4v) is 2.72. The van der Waals surface area contributed by atoms with Crippen LogP contribution in [0.15, 0.2) is 4.79 Å². The minimum Gasteiger partial charge on any atom is -0.390 e. The molecule has 6 nitrogen and oxygen atoms in total. The van der Waals surface area contributed by atoms with Gasteiger partial charge in [-0.2, -0.15) is 5.10 Å². The van der Waals surface area contributed by atoms with E-state index in [1.54, 1.807) is 32.7 Å². The standard InChI is InChI=1S/C15H23N3O3/c1-10-11(2)16-17(4)13(19)12(10)14(20)18-8-5-6-15(3,21)7-9-18/h21H,5-9H2,1-4H3. The largest absolute Gasteiger partial charge is 0.390 e. The van der Waals surface area contributed by atoms with E-state index < -0.39 is 5.60 Å². The molecule has 1 aliphatic rings. The first kappa shape index (κ1) is 15.7. The molecule has 0 spiro atoms. The summed E-state index contributed by atoms with van der Waals surface area (Å²) in [6.07, 6.45) is 1.94. The van der Waals surface area contributed by atoms with Crippen LogP contribution in [0.2, 0.25) is 0 Å². The van der Waals surface area contributed by atoms with E-state index in [0.29, 0.717) is 37.2 Å². The van der Waals surface area contributed by atoms with Crippen molar-refractivity contribution in [3.05, 3.63) is 27.2 Å². The molecule has 1 aromatic heterocycles. The van der Waals surface area contributed by atoms with Gasteiger partial charge in [0.1, 0.15) is 5.56 Å². The number of hydrogen-bond donors (Lipinski definition) is 1. The van der Waals surface area contributed by atoms with Crippen molar-refractivity contribution < 1.29 is 9.90 Å². The van der Waals surface area contributed by atoms with Crippen LogP contribution in [-0.2, 0) is 7.05 Å². The van der Waals surface area contributed by atoms with Crippen molar-refractivity contribution in [1.29, 1.82) is 0 Å². The molecule has 2 heterocycles. The van der Waals surface area contributed by atoms with Gasteiger partial charge in [0.15, 0.2) is 0 Å². The summed E-state index contributed by atoms with van der Waals surface area (Å²) in [5, 5.41) is 14.2. The van der Waals surface area contributed by atoms with Gasteiger partial charge in [0, 0.05) is 20.1 Å². The third-order valence-electron chi connectivity index (χ3n) is 4.29. The van der Waals surface area contributed by atoms with E-state index in [4.69, 9.17) is 0 Å². The summed E-state index contributed by atoms with van der Waals surface area (Å²) in [5.41, 5.74) is 0.426. The van der Waals surface area contributed by atoms with Crippen molar-refractivity contribution >= 4 is 5.91 Å². The van der Waals surface area contributed by atoms with Gasteiger partial charge in [-0.3, -0.25) is 9.59 Å². The third kappa shape index (κ3) is 3.15. The second-order valence-electron chi connectivity index (χ2n) is 6.16. The lowest BCUT2D eigenvalue weighted by Gasteiger charge is -2.23. The molecule has 1 N–H and O–H groups in total. The number of hydrogen-bond acceptors (Lipinski definition) is 4. The topological polar surface area (TPSA) is 75.4 Å². The van der Waals surface area contributed by atoms with Crippen LogP contribution in [-0.4, -0.2) is 44.4 Å². The smallest absolute Gasteiger partial charge is 0.279 e. The van der Waals surface area contributed by atoms with Gasteiger partial charge in [-0.05, 0) is 45.6 Å². The van der Waals surface area contributed by atoms with Gasteiger partial charge in [0.2, 0.25) is 0 Å². The Hall–Kier alpha value is -1.69. The number of carbonyl (C=O) groups excluding carboxylic acids is 1. The molecule has 21 heavy (non-hydrogen) atoms. The summed E-state index contributed by atoms with van der Waals surface area (Å²) in [6.45, 7) is 6.38. The summed E-state index contributed by atoms with van der Waals surface area (Å²) >= 11 is 0. The molecule has 1 unspecified atom stereocenters. The Morgan fingerprint density at radius 3 is 2.62 bits per heavy atom. The van der Waals surface area contributed by atoms with Crippen molar-refractivity contribution in [3.8, 4) is 0 Å². The predicted molar refractivity (Wildman–Crippen MR) is 79.3 cm³/mol. The van der Waals surface area contributed by atoms with E-state index in [0.717, 1.165) is 6.42 Å². The second-order valence-corrected chi connectivity index (χ2v) is 6.16. The van der Waals surface area contributed by atoms with E-state index in [1.807, 2.05) is 0 Å². The summed E-state index contributed by atoms with van der Waals surface area (Å²) < 4.78 is 1.21. The maximum Gasteiger partial charge on any atom is 0.279 e. The van der Waals surface area contributed by atoms with E-state index in [9.17, 15) is 14.7 Å². The lowest BCUT2D eigenvalue weighted by atomic mass is 9.98. The minimum absolute atomic E-state index is 0.201. The molecule has 0 aliphatic carbocycles. The molecule has 2 rings (SSSR count). The van der Waals surface area contributed by atoms with Crippen LogP contribution in [0.3, 0.4) is 0 Å². The Balaban J connectivity index is 2.35. The number of carbonyl (C=O) groups is 1. The van der Waals surface area contributed by atoms with Gasteiger partial charge in [-0.25, -0.2) is 4.68 Å². The van der Waals surface area contributed by atoms with Crippen LogP contribution < -0.4 is 5.56 Å². The van der Waals surface area contributed by atoms with Crippen molar-refractivity contribution in [1.82, 2.24) is 14.7 Å². The fraction of sp³-hybridized carbons (Fsp3) is 0.667. The Labute approximate surface area is 124 Å². The number of rotatable bonds is 1. The summed E-state index contributed by atoms with van der Waals surface area (Å²) in [7, 11) is 1.55. The Morgan fingerprint density at radius 1 is 1.29 bits per heavy atom. The van der Waals surface area contributed by atoms with Gasteiger partial charge in [-0.15, -0.1) is 0 Å². The first-order valence-corrected chi connectivity index (χ1v) is 7.29. The lowest BCUT2D eigenvalue weighted by molar-refractivity contribution is 0.0437. The van der Waals surface area contributed by atoms with Crippen LogP contribution in [0.25, 0.3) is 0 Å². The number of aryl methyl sites for hydroxylation is 2. The monoisotopic (exact) mass is 293 g/mol. The molecule has 1 saturated heterocycles. The van der Waals surface area contributed by atoms with Gasteiger partial charge in [0.25, 0.3) is 11.5 Å². The maximum absolute atomic E-state index is 12.7. The van der Waals surface area contributed by atoms with E-state index in [2.05, 4.69) is 5.10 Å². The first-order valence-electron chi connectivity index (χ1n) is 7.29. The zero-order chi connectivity index (χ0) is 15.8. The van der Waals surface area contributed by atoms with Crippen molar-refractivity contribution in [3.63, 3.8) is 0 Å². The van der Waals surface area contributed by atoms with Crippen LogP contribution in [0.5, 0.6) is 0 Å². The van der Waals surface area contributed by atoms with Gasteiger partial charge in [0.05, 0.1) is 11.3 Å². The fourth-order valence-electron chi connectivity index (χ4n) is 2.72. The second kappa shape index (κ2) is 5.60. The summed E-state index contributed by atoms with van der Waals surface area (Å²) in [4.78, 5) is 26.6. The van der Waals surface area contributed by atoms with Gasteiger partial charge >= 0.3 is 0 Å².